The Labute approximate surface area is 118 Å². The van der Waals surface area contributed by atoms with Crippen LogP contribution in [0.5, 0.6) is 0 Å². The number of nitrogens with one attached hydrogen (secondary N) is 1. The van der Waals surface area contributed by atoms with Crippen molar-refractivity contribution in [2.75, 3.05) is 31.7 Å². The standard InChI is InChI=1S/C13H21N3O2S/c1-3-5-14-11-6-13(19-10-7-18-8-10)16-12(15-11)9-17-4-2/h6,10H,3-5,7-9H2,1-2H3,(H,14,15,16). The summed E-state index contributed by atoms with van der Waals surface area (Å²) in [5.74, 6) is 1.62. The zero-order chi connectivity index (χ0) is 13.5. The van der Waals surface area contributed by atoms with E-state index in [1.807, 2.05) is 13.0 Å². The maximum atomic E-state index is 5.39. The third-order valence-electron chi connectivity index (χ3n) is 2.64. The van der Waals surface area contributed by atoms with Gasteiger partial charge in [-0.1, -0.05) is 18.7 Å². The molecule has 0 bridgehead atoms. The van der Waals surface area contributed by atoms with Crippen molar-refractivity contribution in [3.05, 3.63) is 11.9 Å². The molecular weight excluding hydrogens is 262 g/mol. The molecule has 5 nitrogen and oxygen atoms in total. The molecule has 0 radical (unpaired) electrons. The molecule has 1 aromatic heterocycles. The van der Waals surface area contributed by atoms with E-state index in [2.05, 4.69) is 22.2 Å². The Hall–Kier alpha value is -0.850. The van der Waals surface area contributed by atoms with Crippen molar-refractivity contribution in [2.45, 2.75) is 37.2 Å². The molecule has 2 rings (SSSR count). The van der Waals surface area contributed by atoms with Crippen molar-refractivity contribution in [2.24, 2.45) is 0 Å². The highest BCUT2D eigenvalue weighted by Crippen LogP contribution is 2.27. The quantitative estimate of drug-likeness (QED) is 0.739. The van der Waals surface area contributed by atoms with E-state index >= 15 is 0 Å². The van der Waals surface area contributed by atoms with Crippen LogP contribution in [0.15, 0.2) is 11.1 Å². The Balaban J connectivity index is 2.05. The lowest BCUT2D eigenvalue weighted by Crippen LogP contribution is -2.30. The Morgan fingerprint density at radius 2 is 2.26 bits per heavy atom. The van der Waals surface area contributed by atoms with Gasteiger partial charge in [-0.15, -0.1) is 0 Å². The van der Waals surface area contributed by atoms with Crippen LogP contribution in [0.3, 0.4) is 0 Å². The fraction of sp³-hybridized carbons (Fsp3) is 0.692. The molecule has 6 heteroatoms. The maximum absolute atomic E-state index is 5.39. The molecule has 1 aliphatic rings. The second-order valence-electron chi connectivity index (χ2n) is 4.35. The number of nitrogens with zero attached hydrogens (tertiary/aromatic N) is 2. The van der Waals surface area contributed by atoms with Crippen molar-refractivity contribution >= 4 is 17.6 Å². The number of aromatic nitrogens is 2. The Kier molecular flexibility index (Phi) is 5.88. The van der Waals surface area contributed by atoms with Crippen LogP contribution < -0.4 is 5.32 Å². The van der Waals surface area contributed by atoms with Crippen molar-refractivity contribution in [1.82, 2.24) is 9.97 Å². The lowest BCUT2D eigenvalue weighted by molar-refractivity contribution is 0.0454. The Bertz CT molecular complexity index is 373. The maximum Gasteiger partial charge on any atom is 0.157 e. The summed E-state index contributed by atoms with van der Waals surface area (Å²) < 4.78 is 10.6. The summed E-state index contributed by atoms with van der Waals surface area (Å²) in [6.45, 7) is 7.79. The van der Waals surface area contributed by atoms with Crippen molar-refractivity contribution in [3.8, 4) is 0 Å². The van der Waals surface area contributed by atoms with E-state index in [9.17, 15) is 0 Å². The molecule has 1 fully saturated rings. The predicted molar refractivity (Wildman–Crippen MR) is 76.6 cm³/mol. The minimum Gasteiger partial charge on any atom is -0.379 e. The van der Waals surface area contributed by atoms with Gasteiger partial charge in [-0.25, -0.2) is 9.97 Å². The molecule has 0 atom stereocenters. The molecule has 2 heterocycles. The van der Waals surface area contributed by atoms with Crippen LogP contribution in [0.2, 0.25) is 0 Å². The molecule has 0 aliphatic carbocycles. The number of hydrogen-bond acceptors (Lipinski definition) is 6. The van der Waals surface area contributed by atoms with Gasteiger partial charge >= 0.3 is 0 Å². The van der Waals surface area contributed by atoms with Gasteiger partial charge in [0, 0.05) is 19.2 Å². The predicted octanol–water partition coefficient (Wildman–Crippen LogP) is 2.33. The molecule has 0 saturated carbocycles. The molecule has 106 valence electrons. The topological polar surface area (TPSA) is 56.3 Å². The number of anilines is 1. The number of ether oxygens (including phenoxy) is 2. The van der Waals surface area contributed by atoms with E-state index < -0.39 is 0 Å². The molecule has 19 heavy (non-hydrogen) atoms. The second kappa shape index (κ2) is 7.67. The van der Waals surface area contributed by atoms with E-state index in [-0.39, 0.29) is 0 Å². The molecule has 1 aromatic rings. The van der Waals surface area contributed by atoms with Gasteiger partial charge in [-0.2, -0.15) is 0 Å². The van der Waals surface area contributed by atoms with E-state index in [0.29, 0.717) is 18.5 Å². The molecule has 1 N–H and O–H groups in total. The summed E-state index contributed by atoms with van der Waals surface area (Å²) in [6, 6.07) is 2.01. The molecule has 0 amide bonds. The van der Waals surface area contributed by atoms with Crippen molar-refractivity contribution < 1.29 is 9.47 Å². The summed E-state index contributed by atoms with van der Waals surface area (Å²) in [5, 5.41) is 4.83. The monoisotopic (exact) mass is 283 g/mol. The van der Waals surface area contributed by atoms with Crippen LogP contribution >= 0.6 is 11.8 Å². The minimum absolute atomic E-state index is 0.465. The third-order valence-corrected chi connectivity index (χ3v) is 3.69. The first-order valence-corrected chi connectivity index (χ1v) is 7.63. The van der Waals surface area contributed by atoms with Crippen molar-refractivity contribution in [3.63, 3.8) is 0 Å². The van der Waals surface area contributed by atoms with Gasteiger partial charge in [-0.05, 0) is 13.3 Å². The number of hydrogen-bond donors (Lipinski definition) is 1. The zero-order valence-electron chi connectivity index (χ0n) is 11.5. The largest absolute Gasteiger partial charge is 0.379 e. The van der Waals surface area contributed by atoms with E-state index in [0.717, 1.165) is 42.8 Å². The fourth-order valence-electron chi connectivity index (χ4n) is 1.59. The smallest absolute Gasteiger partial charge is 0.157 e. The molecule has 0 spiro atoms. The van der Waals surface area contributed by atoms with Crippen LogP contribution in [0.4, 0.5) is 5.82 Å². The fourth-order valence-corrected chi connectivity index (χ4v) is 2.60. The summed E-state index contributed by atoms with van der Waals surface area (Å²) in [6.07, 6.45) is 1.07. The van der Waals surface area contributed by atoms with Gasteiger partial charge in [-0.3, -0.25) is 0 Å². The minimum atomic E-state index is 0.465. The first kappa shape index (κ1) is 14.6. The number of thioether (sulfide) groups is 1. The zero-order valence-corrected chi connectivity index (χ0v) is 12.3. The molecule has 0 aromatic carbocycles. The normalized spacial score (nSPS) is 15.3. The molecule has 0 unspecified atom stereocenters. The second-order valence-corrected chi connectivity index (χ2v) is 5.67. The van der Waals surface area contributed by atoms with Crippen LogP contribution in [0.1, 0.15) is 26.1 Å². The van der Waals surface area contributed by atoms with Gasteiger partial charge in [0.15, 0.2) is 5.82 Å². The average molecular weight is 283 g/mol. The van der Waals surface area contributed by atoms with E-state index in [1.54, 1.807) is 11.8 Å². The summed E-state index contributed by atoms with van der Waals surface area (Å²) in [4.78, 5) is 9.00. The van der Waals surface area contributed by atoms with Gasteiger partial charge < -0.3 is 14.8 Å². The van der Waals surface area contributed by atoms with Crippen molar-refractivity contribution in [1.29, 1.82) is 0 Å². The Morgan fingerprint density at radius 1 is 1.42 bits per heavy atom. The Morgan fingerprint density at radius 3 is 2.89 bits per heavy atom. The van der Waals surface area contributed by atoms with Crippen LogP contribution in [0.25, 0.3) is 0 Å². The molecular formula is C13H21N3O2S. The highest BCUT2D eigenvalue weighted by Gasteiger charge is 2.20. The lowest BCUT2D eigenvalue weighted by Gasteiger charge is -2.24. The molecule has 1 saturated heterocycles. The SMILES string of the molecule is CCCNc1cc(SC2COC2)nc(COCC)n1. The highest BCUT2D eigenvalue weighted by atomic mass is 32.2. The van der Waals surface area contributed by atoms with Gasteiger partial charge in [0.05, 0.1) is 18.5 Å². The van der Waals surface area contributed by atoms with Gasteiger partial charge in [0.2, 0.25) is 0 Å². The first-order chi connectivity index (χ1) is 9.31. The highest BCUT2D eigenvalue weighted by molar-refractivity contribution is 8.00. The average Bonchev–Trinajstić information content (AvgIpc) is 2.38. The van der Waals surface area contributed by atoms with Crippen LogP contribution in [0, 0.1) is 0 Å². The van der Waals surface area contributed by atoms with E-state index in [1.165, 1.54) is 0 Å². The van der Waals surface area contributed by atoms with Gasteiger partial charge in [0.25, 0.3) is 0 Å². The molecule has 1 aliphatic heterocycles. The third kappa shape index (κ3) is 4.63. The number of rotatable bonds is 8. The lowest BCUT2D eigenvalue weighted by atomic mass is 10.4. The summed E-state index contributed by atoms with van der Waals surface area (Å²) in [7, 11) is 0. The van der Waals surface area contributed by atoms with Crippen LogP contribution in [-0.2, 0) is 16.1 Å². The summed E-state index contributed by atoms with van der Waals surface area (Å²) >= 11 is 1.75. The summed E-state index contributed by atoms with van der Waals surface area (Å²) in [5.41, 5.74) is 0. The van der Waals surface area contributed by atoms with Gasteiger partial charge in [0.1, 0.15) is 17.5 Å². The first-order valence-electron chi connectivity index (χ1n) is 6.75. The van der Waals surface area contributed by atoms with Crippen LogP contribution in [-0.4, -0.2) is 41.6 Å². The van der Waals surface area contributed by atoms with E-state index in [4.69, 9.17) is 9.47 Å².